The molecule has 1 N–H and O–H groups in total. The summed E-state index contributed by atoms with van der Waals surface area (Å²) in [5.41, 5.74) is 1.14. The number of ether oxygens (including phenoxy) is 1. The molecule has 0 saturated heterocycles. The number of nitrogens with one attached hydrogen (secondary N) is 1. The molecule has 5 nitrogen and oxygen atoms in total. The molecule has 0 spiro atoms. The second-order valence-corrected chi connectivity index (χ2v) is 6.76. The molecule has 1 heterocycles. The van der Waals surface area contributed by atoms with Crippen LogP contribution in [0, 0.1) is 6.92 Å². The summed E-state index contributed by atoms with van der Waals surface area (Å²) in [7, 11) is 1.77. The summed E-state index contributed by atoms with van der Waals surface area (Å²) in [4.78, 5) is 26.2. The summed E-state index contributed by atoms with van der Waals surface area (Å²) < 4.78 is 5.66. The van der Waals surface area contributed by atoms with Gasteiger partial charge < -0.3 is 15.0 Å². The summed E-state index contributed by atoms with van der Waals surface area (Å²) in [6, 6.07) is 11.5. The van der Waals surface area contributed by atoms with E-state index in [0.717, 1.165) is 11.3 Å². The third-order valence-electron chi connectivity index (χ3n) is 3.71. The molecule has 0 unspecified atom stereocenters. The number of rotatable bonds is 9. The Morgan fingerprint density at radius 3 is 2.80 bits per heavy atom. The van der Waals surface area contributed by atoms with Gasteiger partial charge in [-0.05, 0) is 42.5 Å². The minimum Gasteiger partial charge on any atom is -0.492 e. The first kappa shape index (κ1) is 19.0. The molecule has 1 aromatic carbocycles. The SMILES string of the molecule is Cc1cccc(OCCN(C)C(=O)CCCNC(=O)c2cccs2)c1. The lowest BCUT2D eigenvalue weighted by Gasteiger charge is -2.17. The molecule has 0 bridgehead atoms. The molecule has 0 aliphatic carbocycles. The van der Waals surface area contributed by atoms with Crippen molar-refractivity contribution in [2.45, 2.75) is 19.8 Å². The van der Waals surface area contributed by atoms with Gasteiger partial charge in [-0.25, -0.2) is 0 Å². The maximum atomic E-state index is 12.1. The molecular weight excluding hydrogens is 336 g/mol. The van der Waals surface area contributed by atoms with E-state index in [4.69, 9.17) is 4.74 Å². The van der Waals surface area contributed by atoms with Gasteiger partial charge in [0.1, 0.15) is 12.4 Å². The molecule has 134 valence electrons. The molecule has 0 aliphatic rings. The molecule has 6 heteroatoms. The second-order valence-electron chi connectivity index (χ2n) is 5.82. The zero-order valence-electron chi connectivity index (χ0n) is 14.7. The van der Waals surface area contributed by atoms with Crippen molar-refractivity contribution in [1.29, 1.82) is 0 Å². The Morgan fingerprint density at radius 1 is 1.24 bits per heavy atom. The first-order valence-electron chi connectivity index (χ1n) is 8.31. The van der Waals surface area contributed by atoms with Gasteiger partial charge in [-0.2, -0.15) is 0 Å². The molecule has 1 aromatic heterocycles. The largest absolute Gasteiger partial charge is 0.492 e. The lowest BCUT2D eigenvalue weighted by atomic mass is 10.2. The fourth-order valence-electron chi connectivity index (χ4n) is 2.26. The minimum atomic E-state index is -0.0811. The van der Waals surface area contributed by atoms with Gasteiger partial charge in [-0.15, -0.1) is 11.3 Å². The fraction of sp³-hybridized carbons (Fsp3) is 0.368. The zero-order chi connectivity index (χ0) is 18.1. The van der Waals surface area contributed by atoms with Gasteiger partial charge in [0.15, 0.2) is 0 Å². The van der Waals surface area contributed by atoms with Gasteiger partial charge in [-0.1, -0.05) is 18.2 Å². The van der Waals surface area contributed by atoms with Crippen LogP contribution in [0.25, 0.3) is 0 Å². The van der Waals surface area contributed by atoms with E-state index in [1.54, 1.807) is 18.0 Å². The van der Waals surface area contributed by atoms with E-state index in [9.17, 15) is 9.59 Å². The smallest absolute Gasteiger partial charge is 0.261 e. The van der Waals surface area contributed by atoms with Crippen molar-refractivity contribution in [2.75, 3.05) is 26.7 Å². The quantitative estimate of drug-likeness (QED) is 0.699. The highest BCUT2D eigenvalue weighted by Crippen LogP contribution is 2.12. The van der Waals surface area contributed by atoms with Gasteiger partial charge in [0.25, 0.3) is 5.91 Å². The van der Waals surface area contributed by atoms with Crippen molar-refractivity contribution >= 4 is 23.2 Å². The number of thiophene rings is 1. The lowest BCUT2D eigenvalue weighted by molar-refractivity contribution is -0.130. The number of amides is 2. The monoisotopic (exact) mass is 360 g/mol. The molecule has 0 fully saturated rings. The highest BCUT2D eigenvalue weighted by molar-refractivity contribution is 7.12. The summed E-state index contributed by atoms with van der Waals surface area (Å²) >= 11 is 1.41. The maximum absolute atomic E-state index is 12.1. The van der Waals surface area contributed by atoms with Gasteiger partial charge in [0, 0.05) is 20.0 Å². The zero-order valence-corrected chi connectivity index (χ0v) is 15.5. The van der Waals surface area contributed by atoms with Crippen molar-refractivity contribution in [3.63, 3.8) is 0 Å². The maximum Gasteiger partial charge on any atom is 0.261 e. The number of benzene rings is 1. The van der Waals surface area contributed by atoms with Crippen molar-refractivity contribution < 1.29 is 14.3 Å². The third-order valence-corrected chi connectivity index (χ3v) is 4.58. The molecule has 0 atom stereocenters. The average Bonchev–Trinajstić information content (AvgIpc) is 3.13. The van der Waals surface area contributed by atoms with Crippen LogP contribution >= 0.6 is 11.3 Å². The summed E-state index contributed by atoms with van der Waals surface area (Å²) in [5.74, 6) is 0.790. The first-order chi connectivity index (χ1) is 12.1. The Bertz CT molecular complexity index is 686. The van der Waals surface area contributed by atoms with E-state index in [-0.39, 0.29) is 11.8 Å². The van der Waals surface area contributed by atoms with Crippen molar-refractivity contribution in [3.05, 3.63) is 52.2 Å². The minimum absolute atomic E-state index is 0.0539. The number of nitrogens with zero attached hydrogens (tertiary/aromatic N) is 1. The Kier molecular flexibility index (Phi) is 7.47. The highest BCUT2D eigenvalue weighted by atomic mass is 32.1. The van der Waals surface area contributed by atoms with E-state index in [1.165, 1.54) is 11.3 Å². The van der Waals surface area contributed by atoms with Gasteiger partial charge in [0.2, 0.25) is 5.91 Å². The first-order valence-corrected chi connectivity index (χ1v) is 9.19. The van der Waals surface area contributed by atoms with Gasteiger partial charge in [-0.3, -0.25) is 9.59 Å². The Balaban J connectivity index is 1.59. The van der Waals surface area contributed by atoms with E-state index in [0.29, 0.717) is 37.4 Å². The number of aryl methyl sites for hydroxylation is 1. The van der Waals surface area contributed by atoms with E-state index >= 15 is 0 Å². The third kappa shape index (κ3) is 6.58. The fourth-order valence-corrected chi connectivity index (χ4v) is 2.90. The van der Waals surface area contributed by atoms with Gasteiger partial charge in [0.05, 0.1) is 11.4 Å². The Labute approximate surface area is 152 Å². The topological polar surface area (TPSA) is 58.6 Å². The molecule has 0 saturated carbocycles. The van der Waals surface area contributed by atoms with Crippen LogP contribution in [-0.2, 0) is 4.79 Å². The standard InChI is InChI=1S/C19H24N2O3S/c1-15-6-3-7-16(14-15)24-12-11-21(2)18(22)9-4-10-20-19(23)17-8-5-13-25-17/h3,5-8,13-14H,4,9-12H2,1-2H3,(H,20,23). The van der Waals surface area contributed by atoms with E-state index < -0.39 is 0 Å². The predicted octanol–water partition coefficient (Wildman–Crippen LogP) is 3.10. The number of likely N-dealkylation sites (N-methyl/N-ethyl adjacent to an activating group) is 1. The van der Waals surface area contributed by atoms with Gasteiger partial charge >= 0.3 is 0 Å². The Hall–Kier alpha value is -2.34. The average molecular weight is 360 g/mol. The molecule has 2 aromatic rings. The van der Waals surface area contributed by atoms with Crippen LogP contribution in [-0.4, -0.2) is 43.5 Å². The number of carbonyl (C=O) groups excluding carboxylic acids is 2. The van der Waals surface area contributed by atoms with Crippen molar-refractivity contribution in [3.8, 4) is 5.75 Å². The Morgan fingerprint density at radius 2 is 2.08 bits per heavy atom. The van der Waals surface area contributed by atoms with E-state index in [2.05, 4.69) is 5.32 Å². The van der Waals surface area contributed by atoms with E-state index in [1.807, 2.05) is 42.6 Å². The second kappa shape index (κ2) is 9.84. The number of hydrogen-bond donors (Lipinski definition) is 1. The van der Waals surface area contributed by atoms with Crippen LogP contribution in [0.4, 0.5) is 0 Å². The normalized spacial score (nSPS) is 10.3. The lowest BCUT2D eigenvalue weighted by Crippen LogP contribution is -2.31. The van der Waals surface area contributed by atoms with Crippen LogP contribution in [0.1, 0.15) is 28.1 Å². The number of carbonyl (C=O) groups is 2. The molecule has 0 aliphatic heterocycles. The molecular formula is C19H24N2O3S. The summed E-state index contributed by atoms with van der Waals surface area (Å²) in [6.45, 7) is 3.50. The molecule has 0 radical (unpaired) electrons. The van der Waals surface area contributed by atoms with Crippen LogP contribution in [0.5, 0.6) is 5.75 Å². The molecule has 2 amide bonds. The van der Waals surface area contributed by atoms with Crippen molar-refractivity contribution in [1.82, 2.24) is 10.2 Å². The summed E-state index contributed by atoms with van der Waals surface area (Å²) in [5, 5.41) is 4.69. The van der Waals surface area contributed by atoms with Crippen LogP contribution in [0.15, 0.2) is 41.8 Å². The summed E-state index contributed by atoms with van der Waals surface area (Å²) in [6.07, 6.45) is 1.03. The highest BCUT2D eigenvalue weighted by Gasteiger charge is 2.10. The number of hydrogen-bond acceptors (Lipinski definition) is 4. The van der Waals surface area contributed by atoms with Crippen molar-refractivity contribution in [2.24, 2.45) is 0 Å². The predicted molar refractivity (Wildman–Crippen MR) is 100 cm³/mol. The molecule has 25 heavy (non-hydrogen) atoms. The van der Waals surface area contributed by atoms with Crippen LogP contribution in [0.3, 0.4) is 0 Å². The van der Waals surface area contributed by atoms with Crippen LogP contribution < -0.4 is 10.1 Å². The molecule has 2 rings (SSSR count). The van der Waals surface area contributed by atoms with Crippen LogP contribution in [0.2, 0.25) is 0 Å².